The third kappa shape index (κ3) is 3.95. The van der Waals surface area contributed by atoms with Gasteiger partial charge in [0.2, 0.25) is 0 Å². The summed E-state index contributed by atoms with van der Waals surface area (Å²) >= 11 is 0. The Hall–Kier alpha value is -2.14. The molecule has 0 atom stereocenters. The van der Waals surface area contributed by atoms with Gasteiger partial charge in [0.25, 0.3) is 5.56 Å². The second kappa shape index (κ2) is 7.75. The SMILES string of the molecule is CCCCNCc1nn(-c2ccc(CC)cc2)c(=O)cc1O. The number of unbranched alkanes of at least 4 members (excludes halogenated alkanes) is 1. The Morgan fingerprint density at radius 1 is 1.23 bits per heavy atom. The molecule has 0 bridgehead atoms. The predicted molar refractivity (Wildman–Crippen MR) is 87.5 cm³/mol. The molecule has 0 saturated heterocycles. The second-order valence-electron chi connectivity index (χ2n) is 5.28. The number of hydrogen-bond acceptors (Lipinski definition) is 4. The molecule has 0 fully saturated rings. The Labute approximate surface area is 130 Å². The fourth-order valence-electron chi connectivity index (χ4n) is 2.17. The molecular formula is C17H23N3O2. The molecule has 0 aliphatic heterocycles. The van der Waals surface area contributed by atoms with Crippen LogP contribution in [0.4, 0.5) is 0 Å². The lowest BCUT2D eigenvalue weighted by atomic mass is 10.1. The van der Waals surface area contributed by atoms with E-state index in [1.54, 1.807) is 0 Å². The van der Waals surface area contributed by atoms with Crippen LogP contribution in [-0.2, 0) is 13.0 Å². The predicted octanol–water partition coefficient (Wildman–Crippen LogP) is 2.39. The van der Waals surface area contributed by atoms with E-state index in [-0.39, 0.29) is 11.3 Å². The molecule has 2 rings (SSSR count). The third-order valence-electron chi connectivity index (χ3n) is 3.57. The summed E-state index contributed by atoms with van der Waals surface area (Å²) in [5.74, 6) is -0.0598. The molecule has 0 aliphatic carbocycles. The van der Waals surface area contributed by atoms with Crippen molar-refractivity contribution in [2.24, 2.45) is 0 Å². The first-order chi connectivity index (χ1) is 10.7. The van der Waals surface area contributed by atoms with Gasteiger partial charge in [-0.25, -0.2) is 0 Å². The minimum atomic E-state index is -0.334. The maximum Gasteiger partial charge on any atom is 0.275 e. The van der Waals surface area contributed by atoms with E-state index in [2.05, 4.69) is 24.3 Å². The zero-order valence-corrected chi connectivity index (χ0v) is 13.2. The van der Waals surface area contributed by atoms with Crippen molar-refractivity contribution < 1.29 is 5.11 Å². The summed E-state index contributed by atoms with van der Waals surface area (Å²) in [6, 6.07) is 8.93. The molecule has 118 valence electrons. The molecule has 1 aromatic heterocycles. The van der Waals surface area contributed by atoms with E-state index in [0.29, 0.717) is 17.9 Å². The quantitative estimate of drug-likeness (QED) is 0.771. The van der Waals surface area contributed by atoms with Gasteiger partial charge in [-0.3, -0.25) is 4.79 Å². The monoisotopic (exact) mass is 301 g/mol. The molecule has 0 radical (unpaired) electrons. The van der Waals surface area contributed by atoms with E-state index < -0.39 is 0 Å². The second-order valence-corrected chi connectivity index (χ2v) is 5.28. The lowest BCUT2D eigenvalue weighted by molar-refractivity contribution is 0.451. The summed E-state index contributed by atoms with van der Waals surface area (Å²) in [5.41, 5.74) is 2.06. The number of nitrogens with one attached hydrogen (secondary N) is 1. The van der Waals surface area contributed by atoms with Crippen LogP contribution in [0.1, 0.15) is 37.9 Å². The molecule has 1 aromatic carbocycles. The Morgan fingerprint density at radius 2 is 1.95 bits per heavy atom. The van der Waals surface area contributed by atoms with Gasteiger partial charge in [-0.1, -0.05) is 32.4 Å². The van der Waals surface area contributed by atoms with E-state index >= 15 is 0 Å². The average molecular weight is 301 g/mol. The van der Waals surface area contributed by atoms with Crippen molar-refractivity contribution >= 4 is 0 Å². The van der Waals surface area contributed by atoms with Crippen LogP contribution in [0.15, 0.2) is 35.1 Å². The van der Waals surface area contributed by atoms with E-state index in [4.69, 9.17) is 0 Å². The number of aromatic nitrogens is 2. The van der Waals surface area contributed by atoms with Crippen molar-refractivity contribution in [1.82, 2.24) is 15.1 Å². The fourth-order valence-corrected chi connectivity index (χ4v) is 2.17. The van der Waals surface area contributed by atoms with Gasteiger partial charge in [-0.15, -0.1) is 0 Å². The first kappa shape index (κ1) is 16.2. The summed E-state index contributed by atoms with van der Waals surface area (Å²) in [6.07, 6.45) is 3.12. The van der Waals surface area contributed by atoms with Crippen molar-refractivity contribution in [2.45, 2.75) is 39.7 Å². The summed E-state index contributed by atoms with van der Waals surface area (Å²) in [5, 5.41) is 17.4. The van der Waals surface area contributed by atoms with Crippen molar-refractivity contribution in [3.63, 3.8) is 0 Å². The van der Waals surface area contributed by atoms with E-state index in [9.17, 15) is 9.90 Å². The number of aryl methyl sites for hydroxylation is 1. The largest absolute Gasteiger partial charge is 0.506 e. The summed E-state index contributed by atoms with van der Waals surface area (Å²) in [7, 11) is 0. The summed E-state index contributed by atoms with van der Waals surface area (Å²) in [6.45, 7) is 5.51. The summed E-state index contributed by atoms with van der Waals surface area (Å²) < 4.78 is 1.33. The zero-order valence-electron chi connectivity index (χ0n) is 13.2. The maximum absolute atomic E-state index is 12.0. The van der Waals surface area contributed by atoms with Crippen molar-refractivity contribution in [1.29, 1.82) is 0 Å². The van der Waals surface area contributed by atoms with Crippen LogP contribution in [0.5, 0.6) is 5.75 Å². The van der Waals surface area contributed by atoms with E-state index in [1.807, 2.05) is 24.3 Å². The van der Waals surface area contributed by atoms with Crippen molar-refractivity contribution in [3.8, 4) is 11.4 Å². The smallest absolute Gasteiger partial charge is 0.275 e. The molecule has 5 heteroatoms. The van der Waals surface area contributed by atoms with Gasteiger partial charge in [0.05, 0.1) is 5.69 Å². The maximum atomic E-state index is 12.0. The lowest BCUT2D eigenvalue weighted by Crippen LogP contribution is -2.24. The molecule has 22 heavy (non-hydrogen) atoms. The standard InChI is InChI=1S/C17H23N3O2/c1-3-5-10-18-12-15-16(21)11-17(22)20(19-15)14-8-6-13(4-2)7-9-14/h6-9,11,18,21H,3-5,10,12H2,1-2H3. The van der Waals surface area contributed by atoms with Gasteiger partial charge in [-0.05, 0) is 37.1 Å². The number of nitrogens with zero attached hydrogens (tertiary/aromatic N) is 2. The van der Waals surface area contributed by atoms with Gasteiger partial charge >= 0.3 is 0 Å². The van der Waals surface area contributed by atoms with Crippen LogP contribution < -0.4 is 10.9 Å². The molecule has 0 aliphatic rings. The Kier molecular flexibility index (Phi) is 5.72. The third-order valence-corrected chi connectivity index (χ3v) is 3.57. The minimum absolute atomic E-state index is 0.0598. The lowest BCUT2D eigenvalue weighted by Gasteiger charge is -2.10. The van der Waals surface area contributed by atoms with Crippen LogP contribution in [0.25, 0.3) is 5.69 Å². The molecule has 2 aromatic rings. The highest BCUT2D eigenvalue weighted by molar-refractivity contribution is 5.35. The Balaban J connectivity index is 2.25. The number of aromatic hydroxyl groups is 1. The fraction of sp³-hybridized carbons (Fsp3) is 0.412. The Bertz CT molecular complexity index is 663. The Morgan fingerprint density at radius 3 is 2.59 bits per heavy atom. The molecule has 0 amide bonds. The van der Waals surface area contributed by atoms with Gasteiger partial charge in [0, 0.05) is 12.6 Å². The van der Waals surface area contributed by atoms with Crippen LogP contribution in [0.2, 0.25) is 0 Å². The van der Waals surface area contributed by atoms with Crippen LogP contribution in [0, 0.1) is 0 Å². The van der Waals surface area contributed by atoms with Gasteiger partial charge < -0.3 is 10.4 Å². The van der Waals surface area contributed by atoms with Crippen LogP contribution in [0.3, 0.4) is 0 Å². The molecule has 0 spiro atoms. The highest BCUT2D eigenvalue weighted by Gasteiger charge is 2.09. The number of benzene rings is 1. The average Bonchev–Trinajstić information content (AvgIpc) is 2.53. The first-order valence-corrected chi connectivity index (χ1v) is 7.78. The van der Waals surface area contributed by atoms with Gasteiger partial charge in [0.1, 0.15) is 11.4 Å². The minimum Gasteiger partial charge on any atom is -0.506 e. The molecular weight excluding hydrogens is 278 g/mol. The number of hydrogen-bond donors (Lipinski definition) is 2. The van der Waals surface area contributed by atoms with Crippen molar-refractivity contribution in [2.75, 3.05) is 6.54 Å². The molecule has 0 saturated carbocycles. The zero-order chi connectivity index (χ0) is 15.9. The molecule has 1 heterocycles. The van der Waals surface area contributed by atoms with E-state index in [1.165, 1.54) is 16.3 Å². The highest BCUT2D eigenvalue weighted by Crippen LogP contribution is 2.13. The molecule has 2 N–H and O–H groups in total. The highest BCUT2D eigenvalue weighted by atomic mass is 16.3. The number of rotatable bonds is 7. The first-order valence-electron chi connectivity index (χ1n) is 7.78. The topological polar surface area (TPSA) is 67.2 Å². The van der Waals surface area contributed by atoms with Crippen LogP contribution in [-0.4, -0.2) is 21.4 Å². The van der Waals surface area contributed by atoms with Crippen LogP contribution >= 0.6 is 0 Å². The molecule has 5 nitrogen and oxygen atoms in total. The summed E-state index contributed by atoms with van der Waals surface area (Å²) in [4.78, 5) is 12.0. The molecule has 0 unspecified atom stereocenters. The van der Waals surface area contributed by atoms with E-state index in [0.717, 1.165) is 25.8 Å². The normalized spacial score (nSPS) is 10.8. The van der Waals surface area contributed by atoms with Crippen molar-refractivity contribution in [3.05, 3.63) is 51.9 Å². The van der Waals surface area contributed by atoms with Gasteiger partial charge in [0.15, 0.2) is 0 Å². The van der Waals surface area contributed by atoms with Gasteiger partial charge in [-0.2, -0.15) is 9.78 Å².